The lowest BCUT2D eigenvalue weighted by molar-refractivity contribution is -0.147. The van der Waals surface area contributed by atoms with Gasteiger partial charge in [0.2, 0.25) is 5.91 Å². The van der Waals surface area contributed by atoms with Crippen molar-refractivity contribution in [2.24, 2.45) is 0 Å². The first-order valence-electron chi connectivity index (χ1n) is 9.17. The average Bonchev–Trinajstić information content (AvgIpc) is 2.75. The first-order chi connectivity index (χ1) is 14.8. The molecule has 8 nitrogen and oxygen atoms in total. The molecule has 0 aliphatic carbocycles. The number of nitrogens with one attached hydrogen (secondary N) is 2. The van der Waals surface area contributed by atoms with Gasteiger partial charge in [0.25, 0.3) is 5.91 Å². The molecule has 0 saturated carbocycles. The van der Waals surface area contributed by atoms with Crippen molar-refractivity contribution >= 4 is 58.3 Å². The lowest BCUT2D eigenvalue weighted by Gasteiger charge is -2.09. The van der Waals surface area contributed by atoms with Gasteiger partial charge in [0, 0.05) is 23.6 Å². The fourth-order valence-corrected chi connectivity index (χ4v) is 2.76. The highest BCUT2D eigenvalue weighted by Gasteiger charge is 2.12. The van der Waals surface area contributed by atoms with Crippen molar-refractivity contribution in [2.75, 3.05) is 24.4 Å². The van der Waals surface area contributed by atoms with Gasteiger partial charge in [-0.25, -0.2) is 4.79 Å². The van der Waals surface area contributed by atoms with Crippen LogP contribution < -0.4 is 10.6 Å². The highest BCUT2D eigenvalue weighted by Crippen LogP contribution is 2.25. The number of halogens is 2. The Morgan fingerprint density at radius 2 is 1.61 bits per heavy atom. The van der Waals surface area contributed by atoms with E-state index >= 15 is 0 Å². The molecule has 0 aliphatic rings. The number of amides is 2. The van der Waals surface area contributed by atoms with Crippen LogP contribution in [-0.4, -0.2) is 37.5 Å². The molecular weight excluding hydrogens is 447 g/mol. The fourth-order valence-electron chi connectivity index (χ4n) is 2.42. The van der Waals surface area contributed by atoms with Gasteiger partial charge in [0.15, 0.2) is 6.61 Å². The molecule has 2 aromatic rings. The van der Waals surface area contributed by atoms with Crippen LogP contribution >= 0.6 is 23.2 Å². The molecular formula is C21H20Cl2N2O6. The summed E-state index contributed by atoms with van der Waals surface area (Å²) >= 11 is 11.8. The number of hydrogen-bond donors (Lipinski definition) is 2. The number of carbonyl (C=O) groups excluding carboxylic acids is 4. The maximum atomic E-state index is 12.0. The largest absolute Gasteiger partial charge is 0.465 e. The summed E-state index contributed by atoms with van der Waals surface area (Å²) in [7, 11) is 1.28. The second-order valence-electron chi connectivity index (χ2n) is 6.30. The van der Waals surface area contributed by atoms with Crippen molar-refractivity contribution in [3.8, 4) is 0 Å². The van der Waals surface area contributed by atoms with Gasteiger partial charge in [-0.15, -0.1) is 0 Å². The van der Waals surface area contributed by atoms with Crippen molar-refractivity contribution in [1.29, 1.82) is 0 Å². The minimum Gasteiger partial charge on any atom is -0.465 e. The Hall–Kier alpha value is -3.10. The molecule has 0 unspecified atom stereocenters. The van der Waals surface area contributed by atoms with Gasteiger partial charge in [-0.05, 0) is 48.9 Å². The lowest BCUT2D eigenvalue weighted by Crippen LogP contribution is -2.21. The normalized spacial score (nSPS) is 10.2. The van der Waals surface area contributed by atoms with E-state index in [-0.39, 0.29) is 25.2 Å². The van der Waals surface area contributed by atoms with Gasteiger partial charge in [-0.1, -0.05) is 23.2 Å². The number of esters is 2. The number of benzene rings is 2. The van der Waals surface area contributed by atoms with Gasteiger partial charge in [0.05, 0.1) is 23.4 Å². The van der Waals surface area contributed by atoms with Gasteiger partial charge in [0.1, 0.15) is 0 Å². The van der Waals surface area contributed by atoms with Gasteiger partial charge in [-0.3, -0.25) is 14.4 Å². The summed E-state index contributed by atoms with van der Waals surface area (Å²) in [6.45, 7) is -0.486. The van der Waals surface area contributed by atoms with Crippen LogP contribution in [0.4, 0.5) is 11.4 Å². The Kier molecular flexibility index (Phi) is 9.30. The van der Waals surface area contributed by atoms with E-state index in [1.807, 2.05) is 0 Å². The van der Waals surface area contributed by atoms with E-state index in [4.69, 9.17) is 27.9 Å². The summed E-state index contributed by atoms with van der Waals surface area (Å²) in [5.41, 5.74) is 1.19. The van der Waals surface area contributed by atoms with Crippen molar-refractivity contribution < 1.29 is 28.7 Å². The lowest BCUT2D eigenvalue weighted by atomic mass is 10.2. The van der Waals surface area contributed by atoms with E-state index in [2.05, 4.69) is 15.4 Å². The topological polar surface area (TPSA) is 111 Å². The summed E-state index contributed by atoms with van der Waals surface area (Å²) in [4.78, 5) is 47.0. The van der Waals surface area contributed by atoms with Crippen molar-refractivity contribution in [3.63, 3.8) is 0 Å². The molecule has 2 amide bonds. The van der Waals surface area contributed by atoms with E-state index in [1.54, 1.807) is 18.2 Å². The third kappa shape index (κ3) is 8.27. The summed E-state index contributed by atoms with van der Waals surface area (Å²) < 4.78 is 9.49. The second-order valence-corrected chi connectivity index (χ2v) is 7.15. The molecule has 0 aromatic heterocycles. The first kappa shape index (κ1) is 24.2. The minimum atomic E-state index is -0.609. The van der Waals surface area contributed by atoms with E-state index in [0.29, 0.717) is 27.0 Å². The van der Waals surface area contributed by atoms with Crippen molar-refractivity contribution in [1.82, 2.24) is 0 Å². The molecule has 10 heteroatoms. The zero-order valence-corrected chi connectivity index (χ0v) is 18.1. The molecule has 0 heterocycles. The van der Waals surface area contributed by atoms with Crippen LogP contribution in [0, 0.1) is 0 Å². The monoisotopic (exact) mass is 466 g/mol. The molecule has 0 atom stereocenters. The molecule has 0 fully saturated rings. The molecule has 2 aromatic carbocycles. The van der Waals surface area contributed by atoms with Crippen LogP contribution in [0.1, 0.15) is 29.6 Å². The summed E-state index contributed by atoms with van der Waals surface area (Å²) in [5.74, 6) is -1.94. The first-order valence-corrected chi connectivity index (χ1v) is 9.93. The molecule has 164 valence electrons. The maximum absolute atomic E-state index is 12.0. The number of ether oxygens (including phenoxy) is 2. The molecule has 0 radical (unpaired) electrons. The molecule has 31 heavy (non-hydrogen) atoms. The van der Waals surface area contributed by atoms with Gasteiger partial charge in [-0.2, -0.15) is 0 Å². The van der Waals surface area contributed by atoms with Crippen LogP contribution in [0.2, 0.25) is 10.0 Å². The number of hydrogen-bond acceptors (Lipinski definition) is 6. The minimum absolute atomic E-state index is 0.0279. The molecule has 0 saturated heterocycles. The third-order valence-electron chi connectivity index (χ3n) is 3.94. The molecule has 0 bridgehead atoms. The SMILES string of the molecule is COC(=O)c1ccc(NC(=O)CCCC(=O)OCC(=O)Nc2cc(Cl)ccc2Cl)cc1. The van der Waals surface area contributed by atoms with Crippen LogP contribution in [0.5, 0.6) is 0 Å². The number of methoxy groups -OCH3 is 1. The molecule has 0 spiro atoms. The fraction of sp³-hybridized carbons (Fsp3) is 0.238. The van der Waals surface area contributed by atoms with E-state index in [1.165, 1.54) is 31.4 Å². The van der Waals surface area contributed by atoms with E-state index < -0.39 is 24.5 Å². The Balaban J connectivity index is 1.67. The second kappa shape index (κ2) is 11.9. The highest BCUT2D eigenvalue weighted by atomic mass is 35.5. The zero-order valence-electron chi connectivity index (χ0n) is 16.6. The van der Waals surface area contributed by atoms with E-state index in [0.717, 1.165) is 0 Å². The van der Waals surface area contributed by atoms with Crippen LogP contribution in [-0.2, 0) is 23.9 Å². The Labute approximate surface area is 188 Å². The van der Waals surface area contributed by atoms with Crippen LogP contribution in [0.3, 0.4) is 0 Å². The Bertz CT molecular complexity index is 963. The molecule has 0 aliphatic heterocycles. The van der Waals surface area contributed by atoms with Gasteiger partial charge < -0.3 is 20.1 Å². The van der Waals surface area contributed by atoms with Crippen LogP contribution in [0.15, 0.2) is 42.5 Å². The highest BCUT2D eigenvalue weighted by molar-refractivity contribution is 6.35. The predicted octanol–water partition coefficient (Wildman–Crippen LogP) is 4.07. The molecule has 2 N–H and O–H groups in total. The maximum Gasteiger partial charge on any atom is 0.337 e. The van der Waals surface area contributed by atoms with E-state index in [9.17, 15) is 19.2 Å². The molecule has 2 rings (SSSR count). The summed E-state index contributed by atoms with van der Waals surface area (Å²) in [5, 5.41) is 5.85. The van der Waals surface area contributed by atoms with Gasteiger partial charge >= 0.3 is 11.9 Å². The van der Waals surface area contributed by atoms with Crippen molar-refractivity contribution in [3.05, 3.63) is 58.1 Å². The smallest absolute Gasteiger partial charge is 0.337 e. The van der Waals surface area contributed by atoms with Crippen LogP contribution in [0.25, 0.3) is 0 Å². The number of rotatable bonds is 9. The predicted molar refractivity (Wildman–Crippen MR) is 116 cm³/mol. The zero-order chi connectivity index (χ0) is 22.8. The standard InChI is InChI=1S/C21H20Cl2N2O6/c1-30-21(29)13-5-8-15(9-6-13)24-18(26)3-2-4-20(28)31-12-19(27)25-17-11-14(22)7-10-16(17)23/h5-11H,2-4,12H2,1H3,(H,24,26)(H,25,27). The Morgan fingerprint density at radius 3 is 2.29 bits per heavy atom. The number of carbonyl (C=O) groups is 4. The van der Waals surface area contributed by atoms with Crippen molar-refractivity contribution in [2.45, 2.75) is 19.3 Å². The Morgan fingerprint density at radius 1 is 0.903 bits per heavy atom. The average molecular weight is 467 g/mol. The number of anilines is 2. The third-order valence-corrected chi connectivity index (χ3v) is 4.51. The summed E-state index contributed by atoms with van der Waals surface area (Å²) in [6, 6.07) is 10.8. The summed E-state index contributed by atoms with van der Waals surface area (Å²) in [6.07, 6.45) is 0.296. The quantitative estimate of drug-likeness (QED) is 0.538.